The first-order valence-corrected chi connectivity index (χ1v) is 8.02. The smallest absolute Gasteiger partial charge is 0.306 e. The summed E-state index contributed by atoms with van der Waals surface area (Å²) in [5.41, 5.74) is 0.940. The van der Waals surface area contributed by atoms with Gasteiger partial charge in [0.05, 0.1) is 19.1 Å². The van der Waals surface area contributed by atoms with E-state index in [1.807, 2.05) is 18.2 Å². The average molecular weight is 319 g/mol. The van der Waals surface area contributed by atoms with Crippen molar-refractivity contribution in [3.05, 3.63) is 23.8 Å². The molecule has 6 heteroatoms. The molecule has 124 valence electrons. The van der Waals surface area contributed by atoms with Gasteiger partial charge in [0.2, 0.25) is 5.91 Å². The molecule has 2 aliphatic rings. The van der Waals surface area contributed by atoms with Crippen LogP contribution in [0.15, 0.2) is 18.2 Å². The van der Waals surface area contributed by atoms with Gasteiger partial charge in [-0.15, -0.1) is 0 Å². The molecule has 23 heavy (non-hydrogen) atoms. The van der Waals surface area contributed by atoms with Crippen molar-refractivity contribution in [2.75, 3.05) is 13.2 Å². The monoisotopic (exact) mass is 319 g/mol. The van der Waals surface area contributed by atoms with E-state index in [9.17, 15) is 9.59 Å². The summed E-state index contributed by atoms with van der Waals surface area (Å²) in [4.78, 5) is 23.1. The van der Waals surface area contributed by atoms with E-state index in [2.05, 4.69) is 5.32 Å². The maximum Gasteiger partial charge on any atom is 0.306 e. The first-order valence-electron chi connectivity index (χ1n) is 8.02. The number of hydrogen-bond donors (Lipinski definition) is 2. The van der Waals surface area contributed by atoms with Gasteiger partial charge in [-0.2, -0.15) is 0 Å². The Hall–Kier alpha value is -2.24. The number of carbonyl (C=O) groups is 2. The van der Waals surface area contributed by atoms with E-state index >= 15 is 0 Å². The lowest BCUT2D eigenvalue weighted by Gasteiger charge is -2.12. The maximum atomic E-state index is 12.2. The topological polar surface area (TPSA) is 84.9 Å². The predicted octanol–water partition coefficient (Wildman–Crippen LogP) is 1.96. The summed E-state index contributed by atoms with van der Waals surface area (Å²) in [6.07, 6.45) is 2.51. The van der Waals surface area contributed by atoms with Crippen molar-refractivity contribution in [3.8, 4) is 11.5 Å². The Morgan fingerprint density at radius 1 is 1.13 bits per heavy atom. The van der Waals surface area contributed by atoms with Crippen molar-refractivity contribution >= 4 is 11.9 Å². The Labute approximate surface area is 134 Å². The Morgan fingerprint density at radius 2 is 1.87 bits per heavy atom. The zero-order chi connectivity index (χ0) is 16.2. The number of carbonyl (C=O) groups excluding carboxylic acids is 1. The molecule has 0 spiro atoms. The molecule has 0 saturated heterocycles. The first-order chi connectivity index (χ1) is 11.1. The standard InChI is InChI=1S/C17H21NO5/c19-16(12-3-4-13(9-12)17(20)21)18-10-11-2-5-14-15(8-11)23-7-1-6-22-14/h2,5,8,12-13H,1,3-4,6-7,9-10H2,(H,18,19)(H,20,21)/t12-,13+/m0/s1. The maximum absolute atomic E-state index is 12.2. The minimum absolute atomic E-state index is 0.0686. The summed E-state index contributed by atoms with van der Waals surface area (Å²) in [6, 6.07) is 5.65. The van der Waals surface area contributed by atoms with Crippen LogP contribution in [0.4, 0.5) is 0 Å². The van der Waals surface area contributed by atoms with E-state index in [1.54, 1.807) is 0 Å². The third-order valence-electron chi connectivity index (χ3n) is 4.43. The van der Waals surface area contributed by atoms with E-state index < -0.39 is 5.97 Å². The highest BCUT2D eigenvalue weighted by Gasteiger charge is 2.33. The fourth-order valence-corrected chi connectivity index (χ4v) is 3.10. The normalized spacial score (nSPS) is 23.1. The van der Waals surface area contributed by atoms with Crippen molar-refractivity contribution in [1.82, 2.24) is 5.32 Å². The zero-order valence-electron chi connectivity index (χ0n) is 12.9. The second-order valence-corrected chi connectivity index (χ2v) is 6.09. The average Bonchev–Trinajstić information content (AvgIpc) is 2.93. The Morgan fingerprint density at radius 3 is 2.61 bits per heavy atom. The van der Waals surface area contributed by atoms with Gasteiger partial charge in [0, 0.05) is 18.9 Å². The molecule has 1 aliphatic carbocycles. The number of hydrogen-bond acceptors (Lipinski definition) is 4. The minimum atomic E-state index is -0.803. The van der Waals surface area contributed by atoms with E-state index in [0.717, 1.165) is 17.7 Å². The van der Waals surface area contributed by atoms with E-state index in [4.69, 9.17) is 14.6 Å². The Kier molecular flexibility index (Phi) is 4.69. The number of fused-ring (bicyclic) bond motifs is 1. The largest absolute Gasteiger partial charge is 0.490 e. The second kappa shape index (κ2) is 6.89. The van der Waals surface area contributed by atoms with Gasteiger partial charge in [0.25, 0.3) is 0 Å². The molecule has 1 saturated carbocycles. The number of aliphatic carboxylic acids is 1. The summed E-state index contributed by atoms with van der Waals surface area (Å²) < 4.78 is 11.2. The van der Waals surface area contributed by atoms with Crippen LogP contribution in [0.25, 0.3) is 0 Å². The van der Waals surface area contributed by atoms with Crippen LogP contribution in [0.5, 0.6) is 11.5 Å². The van der Waals surface area contributed by atoms with Gasteiger partial charge < -0.3 is 19.9 Å². The highest BCUT2D eigenvalue weighted by Crippen LogP contribution is 2.32. The van der Waals surface area contributed by atoms with Crippen LogP contribution in [0.2, 0.25) is 0 Å². The third kappa shape index (κ3) is 3.75. The molecule has 6 nitrogen and oxygen atoms in total. The molecule has 1 amide bonds. The third-order valence-corrected chi connectivity index (χ3v) is 4.43. The molecular weight excluding hydrogens is 298 g/mol. The van der Waals surface area contributed by atoms with Crippen molar-refractivity contribution < 1.29 is 24.2 Å². The number of ether oxygens (including phenoxy) is 2. The van der Waals surface area contributed by atoms with Gasteiger partial charge in [-0.3, -0.25) is 9.59 Å². The molecule has 0 aromatic heterocycles. The summed E-state index contributed by atoms with van der Waals surface area (Å²) in [7, 11) is 0. The molecular formula is C17H21NO5. The molecule has 0 unspecified atom stereocenters. The van der Waals surface area contributed by atoms with Crippen molar-refractivity contribution in [2.45, 2.75) is 32.2 Å². The van der Waals surface area contributed by atoms with E-state index in [0.29, 0.717) is 44.8 Å². The van der Waals surface area contributed by atoms with Crippen LogP contribution in [0.3, 0.4) is 0 Å². The van der Waals surface area contributed by atoms with E-state index in [1.165, 1.54) is 0 Å². The van der Waals surface area contributed by atoms with Crippen LogP contribution in [0.1, 0.15) is 31.2 Å². The molecule has 2 N–H and O–H groups in total. The number of benzene rings is 1. The quantitative estimate of drug-likeness (QED) is 0.886. The summed E-state index contributed by atoms with van der Waals surface area (Å²) in [6.45, 7) is 1.68. The summed E-state index contributed by atoms with van der Waals surface area (Å²) in [5.74, 6) is -0.0110. The van der Waals surface area contributed by atoms with Gasteiger partial charge in [-0.05, 0) is 37.0 Å². The number of carboxylic acids is 1. The molecule has 1 aromatic carbocycles. The Balaban J connectivity index is 1.55. The van der Waals surface area contributed by atoms with Crippen molar-refractivity contribution in [3.63, 3.8) is 0 Å². The SMILES string of the molecule is O=C(O)[C@@H]1CC[C@H](C(=O)NCc2ccc3c(c2)OCCCO3)C1. The fourth-order valence-electron chi connectivity index (χ4n) is 3.10. The van der Waals surface area contributed by atoms with Crippen LogP contribution in [-0.2, 0) is 16.1 Å². The summed E-state index contributed by atoms with van der Waals surface area (Å²) >= 11 is 0. The number of amides is 1. The molecule has 1 fully saturated rings. The van der Waals surface area contributed by atoms with Gasteiger partial charge in [0.15, 0.2) is 11.5 Å². The Bertz CT molecular complexity index is 601. The van der Waals surface area contributed by atoms with Crippen LogP contribution in [0, 0.1) is 11.8 Å². The van der Waals surface area contributed by atoms with Gasteiger partial charge >= 0.3 is 5.97 Å². The van der Waals surface area contributed by atoms with Gasteiger partial charge in [-0.1, -0.05) is 6.07 Å². The minimum Gasteiger partial charge on any atom is -0.490 e. The second-order valence-electron chi connectivity index (χ2n) is 6.09. The molecule has 3 rings (SSSR count). The molecule has 0 radical (unpaired) electrons. The van der Waals surface area contributed by atoms with Crippen LogP contribution >= 0.6 is 0 Å². The van der Waals surface area contributed by atoms with Crippen molar-refractivity contribution in [2.24, 2.45) is 11.8 Å². The summed E-state index contributed by atoms with van der Waals surface area (Å²) in [5, 5.41) is 11.9. The lowest BCUT2D eigenvalue weighted by molar-refractivity contribution is -0.141. The molecule has 0 bridgehead atoms. The van der Waals surface area contributed by atoms with Gasteiger partial charge in [0.1, 0.15) is 0 Å². The number of rotatable bonds is 4. The lowest BCUT2D eigenvalue weighted by atomic mass is 10.0. The number of carboxylic acid groups (broad SMARTS) is 1. The van der Waals surface area contributed by atoms with Crippen LogP contribution in [-0.4, -0.2) is 30.2 Å². The van der Waals surface area contributed by atoms with E-state index in [-0.39, 0.29) is 17.7 Å². The molecule has 1 aliphatic heterocycles. The first kappa shape index (κ1) is 15.6. The number of nitrogens with one attached hydrogen (secondary N) is 1. The highest BCUT2D eigenvalue weighted by molar-refractivity contribution is 5.80. The highest BCUT2D eigenvalue weighted by atomic mass is 16.5. The molecule has 1 aromatic rings. The van der Waals surface area contributed by atoms with Crippen molar-refractivity contribution in [1.29, 1.82) is 0 Å². The molecule has 1 heterocycles. The molecule has 2 atom stereocenters. The fraction of sp³-hybridized carbons (Fsp3) is 0.529. The van der Waals surface area contributed by atoms with Gasteiger partial charge in [-0.25, -0.2) is 0 Å². The lowest BCUT2D eigenvalue weighted by Crippen LogP contribution is -2.29. The zero-order valence-corrected chi connectivity index (χ0v) is 12.9. The predicted molar refractivity (Wildman–Crippen MR) is 82.4 cm³/mol. The van der Waals surface area contributed by atoms with Crippen LogP contribution < -0.4 is 14.8 Å².